The predicted octanol–water partition coefficient (Wildman–Crippen LogP) is 2.54. The average molecular weight is 287 g/mol. The summed E-state index contributed by atoms with van der Waals surface area (Å²) in [5, 5.41) is 10.9. The second kappa shape index (κ2) is 6.27. The second-order valence-electron chi connectivity index (χ2n) is 5.12. The molecule has 0 atom stereocenters. The molecule has 21 heavy (non-hydrogen) atoms. The second-order valence-corrected chi connectivity index (χ2v) is 5.12. The lowest BCUT2D eigenvalue weighted by Gasteiger charge is -2.09. The minimum atomic E-state index is -0.441. The van der Waals surface area contributed by atoms with Crippen molar-refractivity contribution < 1.29 is 4.92 Å². The van der Waals surface area contributed by atoms with Crippen LogP contribution in [0, 0.1) is 16.0 Å². The largest absolute Gasteiger partial charge is 0.308 e. The van der Waals surface area contributed by atoms with Crippen molar-refractivity contribution in [2.45, 2.75) is 20.3 Å². The van der Waals surface area contributed by atoms with Gasteiger partial charge in [-0.3, -0.25) is 10.1 Å². The molecule has 0 spiro atoms. The SMILES string of the molecule is CC(C)Cc1cc(NN)nc(-c2cccc([N+](=O)[O-])c2)n1. The van der Waals surface area contributed by atoms with Gasteiger partial charge in [-0.25, -0.2) is 15.8 Å². The molecule has 7 heteroatoms. The number of non-ortho nitro benzene ring substituents is 1. The van der Waals surface area contributed by atoms with Crippen molar-refractivity contribution in [3.63, 3.8) is 0 Å². The van der Waals surface area contributed by atoms with E-state index < -0.39 is 4.92 Å². The van der Waals surface area contributed by atoms with Gasteiger partial charge in [-0.05, 0) is 12.3 Å². The molecule has 1 heterocycles. The summed E-state index contributed by atoms with van der Waals surface area (Å²) in [4.78, 5) is 19.1. The van der Waals surface area contributed by atoms with Crippen LogP contribution in [0.15, 0.2) is 30.3 Å². The maximum Gasteiger partial charge on any atom is 0.270 e. The van der Waals surface area contributed by atoms with Crippen molar-refractivity contribution in [1.82, 2.24) is 9.97 Å². The molecule has 0 fully saturated rings. The van der Waals surface area contributed by atoms with Crippen LogP contribution in [0.4, 0.5) is 11.5 Å². The maximum atomic E-state index is 10.9. The fraction of sp³-hybridized carbons (Fsp3) is 0.286. The number of nitro groups is 1. The Bertz CT molecular complexity index is 658. The number of aromatic nitrogens is 2. The molecule has 0 aliphatic rings. The highest BCUT2D eigenvalue weighted by Gasteiger charge is 2.11. The average Bonchev–Trinajstić information content (AvgIpc) is 2.46. The number of rotatable bonds is 5. The third-order valence-electron chi connectivity index (χ3n) is 2.86. The summed E-state index contributed by atoms with van der Waals surface area (Å²) in [6, 6.07) is 8.02. The van der Waals surface area contributed by atoms with Crippen molar-refractivity contribution in [3.8, 4) is 11.4 Å². The first kappa shape index (κ1) is 14.9. The lowest BCUT2D eigenvalue weighted by molar-refractivity contribution is -0.384. The Kier molecular flexibility index (Phi) is 4.44. The maximum absolute atomic E-state index is 10.9. The summed E-state index contributed by atoms with van der Waals surface area (Å²) in [5.41, 5.74) is 3.94. The lowest BCUT2D eigenvalue weighted by Crippen LogP contribution is -2.11. The number of hydrogen-bond donors (Lipinski definition) is 2. The van der Waals surface area contributed by atoms with Gasteiger partial charge in [0.15, 0.2) is 5.82 Å². The molecule has 0 radical (unpaired) electrons. The molecule has 1 aromatic carbocycles. The molecule has 0 amide bonds. The number of nitrogens with two attached hydrogens (primary N) is 1. The Morgan fingerprint density at radius 2 is 2.10 bits per heavy atom. The van der Waals surface area contributed by atoms with E-state index in [1.54, 1.807) is 18.2 Å². The molecule has 3 N–H and O–H groups in total. The number of hydrogen-bond acceptors (Lipinski definition) is 6. The molecule has 7 nitrogen and oxygen atoms in total. The topological polar surface area (TPSA) is 107 Å². The van der Waals surface area contributed by atoms with E-state index in [0.29, 0.717) is 23.1 Å². The highest BCUT2D eigenvalue weighted by atomic mass is 16.6. The van der Waals surface area contributed by atoms with Crippen molar-refractivity contribution in [3.05, 3.63) is 46.1 Å². The normalized spacial score (nSPS) is 10.7. The van der Waals surface area contributed by atoms with Gasteiger partial charge in [0.05, 0.1) is 4.92 Å². The fourth-order valence-corrected chi connectivity index (χ4v) is 1.98. The van der Waals surface area contributed by atoms with Gasteiger partial charge in [-0.1, -0.05) is 26.0 Å². The number of nitrogens with zero attached hydrogens (tertiary/aromatic N) is 3. The molecule has 2 aromatic rings. The van der Waals surface area contributed by atoms with Gasteiger partial charge in [0.25, 0.3) is 5.69 Å². The van der Waals surface area contributed by atoms with Gasteiger partial charge in [0.2, 0.25) is 0 Å². The molecule has 110 valence electrons. The molecule has 0 saturated heterocycles. The number of nitro benzene ring substituents is 1. The van der Waals surface area contributed by atoms with E-state index >= 15 is 0 Å². The van der Waals surface area contributed by atoms with E-state index in [1.165, 1.54) is 12.1 Å². The molecule has 1 aromatic heterocycles. The molecule has 0 aliphatic carbocycles. The molecular weight excluding hydrogens is 270 g/mol. The lowest BCUT2D eigenvalue weighted by atomic mass is 10.1. The fourth-order valence-electron chi connectivity index (χ4n) is 1.98. The van der Waals surface area contributed by atoms with Gasteiger partial charge < -0.3 is 5.43 Å². The first-order valence-electron chi connectivity index (χ1n) is 6.59. The van der Waals surface area contributed by atoms with E-state index in [-0.39, 0.29) is 5.69 Å². The van der Waals surface area contributed by atoms with E-state index in [4.69, 9.17) is 5.84 Å². The van der Waals surface area contributed by atoms with Crippen LogP contribution in [0.3, 0.4) is 0 Å². The zero-order chi connectivity index (χ0) is 15.4. The van der Waals surface area contributed by atoms with E-state index in [1.807, 2.05) is 0 Å². The van der Waals surface area contributed by atoms with E-state index in [2.05, 4.69) is 29.2 Å². The zero-order valence-corrected chi connectivity index (χ0v) is 11.9. The van der Waals surface area contributed by atoms with Crippen LogP contribution in [0.1, 0.15) is 19.5 Å². The quantitative estimate of drug-likeness (QED) is 0.497. The van der Waals surface area contributed by atoms with Crippen LogP contribution in [0.25, 0.3) is 11.4 Å². The number of anilines is 1. The highest BCUT2D eigenvalue weighted by molar-refractivity contribution is 5.61. The summed E-state index contributed by atoms with van der Waals surface area (Å²) in [7, 11) is 0. The summed E-state index contributed by atoms with van der Waals surface area (Å²) in [6.45, 7) is 4.18. The number of nitrogen functional groups attached to an aromatic ring is 1. The van der Waals surface area contributed by atoms with Gasteiger partial charge >= 0.3 is 0 Å². The van der Waals surface area contributed by atoms with Gasteiger partial charge in [-0.2, -0.15) is 0 Å². The monoisotopic (exact) mass is 287 g/mol. The summed E-state index contributed by atoms with van der Waals surface area (Å²) in [6.07, 6.45) is 0.777. The zero-order valence-electron chi connectivity index (χ0n) is 11.9. The smallest absolute Gasteiger partial charge is 0.270 e. The van der Waals surface area contributed by atoms with E-state index in [9.17, 15) is 10.1 Å². The Balaban J connectivity index is 2.47. The Morgan fingerprint density at radius 3 is 2.71 bits per heavy atom. The van der Waals surface area contributed by atoms with Crippen LogP contribution in [-0.4, -0.2) is 14.9 Å². The molecule has 0 bridgehead atoms. The van der Waals surface area contributed by atoms with Gasteiger partial charge in [0, 0.05) is 29.5 Å². The van der Waals surface area contributed by atoms with Crippen LogP contribution >= 0.6 is 0 Å². The first-order valence-corrected chi connectivity index (χ1v) is 6.59. The van der Waals surface area contributed by atoms with Crippen molar-refractivity contribution in [2.24, 2.45) is 11.8 Å². The summed E-state index contributed by atoms with van der Waals surface area (Å²) >= 11 is 0. The van der Waals surface area contributed by atoms with Crippen molar-refractivity contribution in [2.75, 3.05) is 5.43 Å². The molecule has 0 aliphatic heterocycles. The predicted molar refractivity (Wildman–Crippen MR) is 80.5 cm³/mol. The summed E-state index contributed by atoms with van der Waals surface area (Å²) < 4.78 is 0. The Labute approximate surface area is 122 Å². The molecular formula is C14H17N5O2. The van der Waals surface area contributed by atoms with Crippen LogP contribution in [-0.2, 0) is 6.42 Å². The third-order valence-corrected chi connectivity index (χ3v) is 2.86. The van der Waals surface area contributed by atoms with Crippen LogP contribution < -0.4 is 11.3 Å². The van der Waals surface area contributed by atoms with Gasteiger partial charge in [0.1, 0.15) is 5.82 Å². The van der Waals surface area contributed by atoms with Crippen LogP contribution in [0.5, 0.6) is 0 Å². The molecule has 0 unspecified atom stereocenters. The number of benzene rings is 1. The Morgan fingerprint density at radius 1 is 1.33 bits per heavy atom. The van der Waals surface area contributed by atoms with Gasteiger partial charge in [-0.15, -0.1) is 0 Å². The van der Waals surface area contributed by atoms with E-state index in [0.717, 1.165) is 12.1 Å². The highest BCUT2D eigenvalue weighted by Crippen LogP contribution is 2.23. The number of hydrazine groups is 1. The standard InChI is InChI=1S/C14H17N5O2/c1-9(2)6-11-8-13(18-15)17-14(16-11)10-4-3-5-12(7-10)19(20)21/h3-5,7-9H,6,15H2,1-2H3,(H,16,17,18). The van der Waals surface area contributed by atoms with Crippen molar-refractivity contribution in [1.29, 1.82) is 0 Å². The Hall–Kier alpha value is -2.54. The first-order chi connectivity index (χ1) is 9.99. The minimum absolute atomic E-state index is 0.00706. The minimum Gasteiger partial charge on any atom is -0.308 e. The number of nitrogens with one attached hydrogen (secondary N) is 1. The third kappa shape index (κ3) is 3.73. The van der Waals surface area contributed by atoms with Crippen LogP contribution in [0.2, 0.25) is 0 Å². The molecule has 2 rings (SSSR count). The molecule has 0 saturated carbocycles. The summed E-state index contributed by atoms with van der Waals surface area (Å²) in [5.74, 6) is 6.77. The van der Waals surface area contributed by atoms with Crippen molar-refractivity contribution >= 4 is 11.5 Å².